The highest BCUT2D eigenvalue weighted by atomic mass is 19.4. The summed E-state index contributed by atoms with van der Waals surface area (Å²) in [4.78, 5) is 14.0. The van der Waals surface area contributed by atoms with Gasteiger partial charge in [0.15, 0.2) is 0 Å². The number of cyclic esters (lactones) is 1. The smallest absolute Gasteiger partial charge is 0.416 e. The van der Waals surface area contributed by atoms with Gasteiger partial charge in [-0.05, 0) is 79.6 Å². The molecule has 3 atom stereocenters. The molecule has 1 heterocycles. The summed E-state index contributed by atoms with van der Waals surface area (Å²) in [6.45, 7) is 2.68. The maximum atomic E-state index is 13.7. The molecule has 0 spiro atoms. The summed E-state index contributed by atoms with van der Waals surface area (Å²) in [7, 11) is 1.45. The molecule has 2 aromatic carbocycles. The van der Waals surface area contributed by atoms with Crippen LogP contribution in [-0.4, -0.2) is 24.1 Å². The number of methoxy groups -OCH3 is 1. The molecule has 1 unspecified atom stereocenters. The molecule has 0 aromatic heterocycles. The van der Waals surface area contributed by atoms with Gasteiger partial charge in [0.25, 0.3) is 0 Å². The molecule has 0 N–H and O–H groups in total. The van der Waals surface area contributed by atoms with Gasteiger partial charge in [0.2, 0.25) is 0 Å². The van der Waals surface area contributed by atoms with Gasteiger partial charge in [-0.2, -0.15) is 39.5 Å². The minimum atomic E-state index is -5.11. The zero-order chi connectivity index (χ0) is 31.3. The summed E-state index contributed by atoms with van der Waals surface area (Å²) in [5, 5.41) is 0. The van der Waals surface area contributed by atoms with E-state index in [1.807, 2.05) is 0 Å². The van der Waals surface area contributed by atoms with Crippen molar-refractivity contribution in [3.63, 3.8) is 0 Å². The van der Waals surface area contributed by atoms with Gasteiger partial charge in [0.1, 0.15) is 6.10 Å². The fourth-order valence-electron chi connectivity index (χ4n) is 6.02. The van der Waals surface area contributed by atoms with Gasteiger partial charge < -0.3 is 9.47 Å². The van der Waals surface area contributed by atoms with Gasteiger partial charge >= 0.3 is 24.6 Å². The number of alkyl halides is 9. The van der Waals surface area contributed by atoms with Crippen LogP contribution in [-0.2, 0) is 40.1 Å². The van der Waals surface area contributed by atoms with Crippen LogP contribution < -0.4 is 0 Å². The van der Waals surface area contributed by atoms with Crippen molar-refractivity contribution in [1.82, 2.24) is 4.90 Å². The van der Waals surface area contributed by atoms with E-state index >= 15 is 0 Å². The Labute approximate surface area is 236 Å². The molecule has 1 aliphatic carbocycles. The Hall–Kier alpha value is -2.96. The first kappa shape index (κ1) is 32.0. The van der Waals surface area contributed by atoms with Crippen LogP contribution in [0.2, 0.25) is 0 Å². The number of amides is 1. The largest absolute Gasteiger partial charge is 0.439 e. The summed E-state index contributed by atoms with van der Waals surface area (Å²) >= 11 is 0. The first-order valence-corrected chi connectivity index (χ1v) is 13.4. The molecule has 2 aromatic rings. The fraction of sp³-hybridized carbons (Fsp3) is 0.552. The molecule has 2 aliphatic rings. The summed E-state index contributed by atoms with van der Waals surface area (Å²) in [5.74, 6) is -0.0339. The standard InChI is InChI=1S/C29H30F9NO3/c1-16-24(17-11-21(28(33,34)35)14-22(12-17)29(36,37)38)42-25(40)39(16)15-18-13-20(27(30,31)32)9-10-23(18)26(2,41-3)19-7-5-4-6-8-19/h9-14,16,19,24H,4-8,15H2,1-3H3/t16-,24-,26?/m0/s1. The number of benzene rings is 2. The van der Waals surface area contributed by atoms with Crippen LogP contribution in [0.15, 0.2) is 36.4 Å². The minimum absolute atomic E-state index is 0.0333. The average Bonchev–Trinajstić information content (AvgIpc) is 3.19. The Balaban J connectivity index is 1.75. The van der Waals surface area contributed by atoms with Crippen LogP contribution >= 0.6 is 0 Å². The molecular formula is C29H30F9NO3. The summed E-state index contributed by atoms with van der Waals surface area (Å²) in [6, 6.07) is 2.94. The van der Waals surface area contributed by atoms with Crippen molar-refractivity contribution in [2.24, 2.45) is 5.92 Å². The number of carbonyl (C=O) groups is 1. The number of halogens is 9. The number of carbonyl (C=O) groups excluding carboxylic acids is 1. The molecule has 1 amide bonds. The molecule has 13 heteroatoms. The number of hydrogen-bond acceptors (Lipinski definition) is 3. The highest BCUT2D eigenvalue weighted by Crippen LogP contribution is 2.46. The Kier molecular flexibility index (Phi) is 8.58. The average molecular weight is 612 g/mol. The summed E-state index contributed by atoms with van der Waals surface area (Å²) in [5.41, 5.74) is -5.18. The first-order chi connectivity index (χ1) is 19.4. The third kappa shape index (κ3) is 6.35. The van der Waals surface area contributed by atoms with E-state index in [1.165, 1.54) is 20.1 Å². The van der Waals surface area contributed by atoms with E-state index in [0.29, 0.717) is 17.7 Å². The van der Waals surface area contributed by atoms with E-state index in [2.05, 4.69) is 0 Å². The zero-order valence-corrected chi connectivity index (χ0v) is 23.0. The van der Waals surface area contributed by atoms with Gasteiger partial charge in [-0.15, -0.1) is 0 Å². The lowest BCUT2D eigenvalue weighted by Gasteiger charge is -2.41. The van der Waals surface area contributed by atoms with Crippen LogP contribution in [0.5, 0.6) is 0 Å². The van der Waals surface area contributed by atoms with Crippen molar-refractivity contribution in [3.8, 4) is 0 Å². The number of rotatable bonds is 6. The van der Waals surface area contributed by atoms with Crippen LogP contribution in [0.25, 0.3) is 0 Å². The van der Waals surface area contributed by atoms with Crippen LogP contribution in [0, 0.1) is 5.92 Å². The molecule has 42 heavy (non-hydrogen) atoms. The van der Waals surface area contributed by atoms with E-state index < -0.39 is 71.2 Å². The summed E-state index contributed by atoms with van der Waals surface area (Å²) < 4.78 is 133. The second-order valence-electron chi connectivity index (χ2n) is 11.0. The lowest BCUT2D eigenvalue weighted by atomic mass is 9.73. The maximum Gasteiger partial charge on any atom is 0.416 e. The fourth-order valence-corrected chi connectivity index (χ4v) is 6.02. The predicted octanol–water partition coefficient (Wildman–Crippen LogP) is 9.27. The lowest BCUT2D eigenvalue weighted by Crippen LogP contribution is -2.38. The van der Waals surface area contributed by atoms with Crippen molar-refractivity contribution in [2.45, 2.75) is 88.8 Å². The van der Waals surface area contributed by atoms with Crippen molar-refractivity contribution >= 4 is 6.09 Å². The van der Waals surface area contributed by atoms with E-state index in [4.69, 9.17) is 9.47 Å². The molecule has 1 saturated heterocycles. The van der Waals surface area contributed by atoms with E-state index in [9.17, 15) is 44.3 Å². The van der Waals surface area contributed by atoms with Gasteiger partial charge in [-0.25, -0.2) is 4.79 Å². The van der Waals surface area contributed by atoms with Gasteiger partial charge in [-0.1, -0.05) is 25.3 Å². The Bertz CT molecular complexity index is 1270. The molecule has 4 rings (SSSR count). The predicted molar refractivity (Wildman–Crippen MR) is 133 cm³/mol. The molecule has 1 aliphatic heterocycles. The second kappa shape index (κ2) is 11.3. The molecule has 0 bridgehead atoms. The third-order valence-corrected chi connectivity index (χ3v) is 8.45. The molecule has 0 radical (unpaired) electrons. The van der Waals surface area contributed by atoms with Crippen molar-refractivity contribution in [2.75, 3.05) is 7.11 Å². The van der Waals surface area contributed by atoms with Gasteiger partial charge in [0.05, 0.1) is 28.3 Å². The maximum absolute atomic E-state index is 13.7. The Morgan fingerprint density at radius 2 is 1.38 bits per heavy atom. The highest BCUT2D eigenvalue weighted by molar-refractivity contribution is 5.71. The number of nitrogens with zero attached hydrogens (tertiary/aromatic N) is 1. The van der Waals surface area contributed by atoms with E-state index in [0.717, 1.165) is 49.1 Å². The van der Waals surface area contributed by atoms with E-state index in [-0.39, 0.29) is 17.5 Å². The van der Waals surface area contributed by atoms with Crippen molar-refractivity contribution in [1.29, 1.82) is 0 Å². The van der Waals surface area contributed by atoms with Crippen LogP contribution in [0.4, 0.5) is 44.3 Å². The Morgan fingerprint density at radius 3 is 1.88 bits per heavy atom. The summed E-state index contributed by atoms with van der Waals surface area (Å²) in [6.07, 6.45) is -13.2. The SMILES string of the molecule is COC(C)(c1ccc(C(F)(F)F)cc1CN1C(=O)O[C@H](c2cc(C(F)(F)F)cc(C(F)(F)F)c2)[C@@H]1C)C1CCCCC1. The second-order valence-corrected chi connectivity index (χ2v) is 11.0. The molecule has 232 valence electrons. The van der Waals surface area contributed by atoms with E-state index in [1.54, 1.807) is 6.92 Å². The molecular weight excluding hydrogens is 581 g/mol. The van der Waals surface area contributed by atoms with Crippen molar-refractivity contribution in [3.05, 3.63) is 69.8 Å². The lowest BCUT2D eigenvalue weighted by molar-refractivity contribution is -0.143. The molecule has 2 fully saturated rings. The molecule has 4 nitrogen and oxygen atoms in total. The number of ether oxygens (including phenoxy) is 2. The van der Waals surface area contributed by atoms with Crippen LogP contribution in [0.1, 0.15) is 85.4 Å². The topological polar surface area (TPSA) is 38.8 Å². The zero-order valence-electron chi connectivity index (χ0n) is 23.0. The van der Waals surface area contributed by atoms with Crippen LogP contribution in [0.3, 0.4) is 0 Å². The Morgan fingerprint density at radius 1 is 0.833 bits per heavy atom. The minimum Gasteiger partial charge on any atom is -0.439 e. The normalized spacial score (nSPS) is 22.3. The first-order valence-electron chi connectivity index (χ1n) is 13.4. The monoisotopic (exact) mass is 611 g/mol. The molecule has 1 saturated carbocycles. The van der Waals surface area contributed by atoms with Gasteiger partial charge in [0, 0.05) is 13.7 Å². The third-order valence-electron chi connectivity index (χ3n) is 8.45. The van der Waals surface area contributed by atoms with Crippen molar-refractivity contribution < 1.29 is 53.8 Å². The van der Waals surface area contributed by atoms with Gasteiger partial charge in [-0.3, -0.25) is 4.90 Å². The quantitative estimate of drug-likeness (QED) is 0.306. The highest BCUT2D eigenvalue weighted by Gasteiger charge is 2.45. The number of hydrogen-bond donors (Lipinski definition) is 0.